The summed E-state index contributed by atoms with van der Waals surface area (Å²) in [6, 6.07) is 13.1. The van der Waals surface area contributed by atoms with Crippen molar-refractivity contribution >= 4 is 39.8 Å². The number of nitrogens with one attached hydrogen (secondary N) is 1. The molecule has 10 heteroatoms. The van der Waals surface area contributed by atoms with Crippen molar-refractivity contribution in [1.82, 2.24) is 14.8 Å². The first-order valence-electron chi connectivity index (χ1n) is 8.92. The van der Waals surface area contributed by atoms with Crippen LogP contribution in [-0.4, -0.2) is 14.8 Å². The van der Waals surface area contributed by atoms with Crippen molar-refractivity contribution in [2.45, 2.75) is 6.18 Å². The van der Waals surface area contributed by atoms with Gasteiger partial charge in [0.15, 0.2) is 17.5 Å². The number of pyridine rings is 1. The van der Waals surface area contributed by atoms with Crippen LogP contribution in [0.2, 0.25) is 0 Å². The number of nitrogens with zero attached hydrogens (tertiary/aromatic N) is 3. The second kappa shape index (κ2) is 8.17. The SMILES string of the molecule is Nc1ccc(-c2ccc(Nc3ccn(-c4nccc(I)c4F)n3)cc2C(F)(F)F)cc1. The van der Waals surface area contributed by atoms with Crippen molar-refractivity contribution in [3.05, 3.63) is 81.9 Å². The minimum absolute atomic E-state index is 0.00497. The van der Waals surface area contributed by atoms with Crippen LogP contribution in [0.3, 0.4) is 0 Å². The first-order valence-corrected chi connectivity index (χ1v) is 10.0. The van der Waals surface area contributed by atoms with Crippen LogP contribution in [0, 0.1) is 9.39 Å². The van der Waals surface area contributed by atoms with E-state index in [2.05, 4.69) is 15.4 Å². The molecule has 2 aromatic carbocycles. The molecule has 0 spiro atoms. The summed E-state index contributed by atoms with van der Waals surface area (Å²) in [4.78, 5) is 3.96. The molecule has 0 saturated carbocycles. The second-order valence-corrected chi connectivity index (χ2v) is 7.74. The second-order valence-electron chi connectivity index (χ2n) is 6.58. The summed E-state index contributed by atoms with van der Waals surface area (Å²) in [6.07, 6.45) is -1.65. The maximum Gasteiger partial charge on any atom is 0.417 e. The van der Waals surface area contributed by atoms with E-state index in [4.69, 9.17) is 5.73 Å². The minimum Gasteiger partial charge on any atom is -0.399 e. The van der Waals surface area contributed by atoms with Gasteiger partial charge >= 0.3 is 6.18 Å². The molecule has 0 atom stereocenters. The molecule has 0 amide bonds. The monoisotopic (exact) mass is 539 g/mol. The third-order valence-electron chi connectivity index (χ3n) is 4.45. The third kappa shape index (κ3) is 4.48. The summed E-state index contributed by atoms with van der Waals surface area (Å²) < 4.78 is 57.0. The quantitative estimate of drug-likeness (QED) is 0.189. The highest BCUT2D eigenvalue weighted by molar-refractivity contribution is 14.1. The fraction of sp³-hybridized carbons (Fsp3) is 0.0476. The van der Waals surface area contributed by atoms with Gasteiger partial charge in [-0.15, -0.1) is 5.10 Å². The average Bonchev–Trinajstić information content (AvgIpc) is 3.18. The van der Waals surface area contributed by atoms with Crippen LogP contribution in [0.5, 0.6) is 0 Å². The van der Waals surface area contributed by atoms with E-state index in [0.29, 0.717) is 14.8 Å². The molecule has 0 bridgehead atoms. The standard InChI is InChI=1S/C21H14F4IN5/c22-19-17(26)7-9-28-20(19)31-10-8-18(30-31)29-14-5-6-15(16(11-14)21(23,24)25)12-1-3-13(27)4-2-12/h1-11H,27H2,(H,29,30). The smallest absolute Gasteiger partial charge is 0.399 e. The lowest BCUT2D eigenvalue weighted by Crippen LogP contribution is -2.08. The van der Waals surface area contributed by atoms with E-state index in [-0.39, 0.29) is 22.9 Å². The van der Waals surface area contributed by atoms with Gasteiger partial charge in [0, 0.05) is 29.8 Å². The molecule has 4 rings (SSSR count). The Labute approximate surface area is 188 Å². The molecule has 4 aromatic rings. The Morgan fingerprint density at radius 3 is 2.45 bits per heavy atom. The van der Waals surface area contributed by atoms with Gasteiger partial charge < -0.3 is 11.1 Å². The van der Waals surface area contributed by atoms with Crippen molar-refractivity contribution in [3.8, 4) is 16.9 Å². The Morgan fingerprint density at radius 2 is 1.74 bits per heavy atom. The van der Waals surface area contributed by atoms with Gasteiger partial charge in [-0.25, -0.2) is 14.1 Å². The van der Waals surface area contributed by atoms with E-state index in [1.54, 1.807) is 12.1 Å². The van der Waals surface area contributed by atoms with Crippen molar-refractivity contribution < 1.29 is 17.6 Å². The molecule has 3 N–H and O–H groups in total. The van der Waals surface area contributed by atoms with Crippen LogP contribution < -0.4 is 11.1 Å². The zero-order chi connectivity index (χ0) is 22.2. The predicted molar refractivity (Wildman–Crippen MR) is 119 cm³/mol. The van der Waals surface area contributed by atoms with E-state index in [1.165, 1.54) is 53.5 Å². The van der Waals surface area contributed by atoms with Crippen LogP contribution in [0.4, 0.5) is 34.8 Å². The van der Waals surface area contributed by atoms with Crippen molar-refractivity contribution in [1.29, 1.82) is 0 Å². The first kappa shape index (κ1) is 21.1. The van der Waals surface area contributed by atoms with Gasteiger partial charge in [-0.05, 0) is 64.0 Å². The first-order chi connectivity index (χ1) is 14.7. The molecule has 0 saturated heterocycles. The van der Waals surface area contributed by atoms with E-state index >= 15 is 0 Å². The number of halogens is 5. The van der Waals surface area contributed by atoms with E-state index in [1.807, 2.05) is 22.6 Å². The number of nitrogen functional groups attached to an aromatic ring is 1. The topological polar surface area (TPSA) is 68.8 Å². The maximum absolute atomic E-state index is 14.3. The van der Waals surface area contributed by atoms with E-state index < -0.39 is 17.6 Å². The summed E-state index contributed by atoms with van der Waals surface area (Å²) in [6.45, 7) is 0. The fourth-order valence-corrected chi connectivity index (χ4v) is 3.40. The Balaban J connectivity index is 1.66. The highest BCUT2D eigenvalue weighted by Crippen LogP contribution is 2.39. The molecule has 0 unspecified atom stereocenters. The summed E-state index contributed by atoms with van der Waals surface area (Å²) in [5.74, 6) is -0.298. The normalized spacial score (nSPS) is 11.5. The zero-order valence-electron chi connectivity index (χ0n) is 15.7. The highest BCUT2D eigenvalue weighted by Gasteiger charge is 2.34. The van der Waals surface area contributed by atoms with Gasteiger partial charge in [-0.1, -0.05) is 18.2 Å². The van der Waals surface area contributed by atoms with E-state index in [0.717, 1.165) is 6.07 Å². The molecule has 0 aliphatic carbocycles. The Kier molecular flexibility index (Phi) is 5.56. The van der Waals surface area contributed by atoms with Gasteiger partial charge in [0.1, 0.15) is 0 Å². The van der Waals surface area contributed by atoms with Crippen LogP contribution in [0.15, 0.2) is 67.0 Å². The molecule has 31 heavy (non-hydrogen) atoms. The molecule has 0 fully saturated rings. The van der Waals surface area contributed by atoms with Gasteiger partial charge in [0.05, 0.1) is 9.13 Å². The van der Waals surface area contributed by atoms with Crippen molar-refractivity contribution in [2.24, 2.45) is 0 Å². The predicted octanol–water partition coefficient (Wildman–Crippen LogP) is 6.02. The maximum atomic E-state index is 14.3. The van der Waals surface area contributed by atoms with Crippen LogP contribution in [0.25, 0.3) is 16.9 Å². The fourth-order valence-electron chi connectivity index (χ4n) is 3.00. The van der Waals surface area contributed by atoms with E-state index in [9.17, 15) is 17.6 Å². The molecule has 0 aliphatic rings. The lowest BCUT2D eigenvalue weighted by molar-refractivity contribution is -0.137. The third-order valence-corrected chi connectivity index (χ3v) is 5.28. The molecular formula is C21H14F4IN5. The number of hydrogen-bond acceptors (Lipinski definition) is 4. The molecule has 5 nitrogen and oxygen atoms in total. The Morgan fingerprint density at radius 1 is 1.00 bits per heavy atom. The molecular weight excluding hydrogens is 525 g/mol. The van der Waals surface area contributed by atoms with Crippen molar-refractivity contribution in [2.75, 3.05) is 11.1 Å². The molecule has 2 heterocycles. The van der Waals surface area contributed by atoms with Crippen LogP contribution in [0.1, 0.15) is 5.56 Å². The van der Waals surface area contributed by atoms with Gasteiger partial charge in [0.25, 0.3) is 0 Å². The molecule has 158 valence electrons. The summed E-state index contributed by atoms with van der Waals surface area (Å²) >= 11 is 1.84. The highest BCUT2D eigenvalue weighted by atomic mass is 127. The number of rotatable bonds is 4. The lowest BCUT2D eigenvalue weighted by Gasteiger charge is -2.15. The lowest BCUT2D eigenvalue weighted by atomic mass is 9.98. The summed E-state index contributed by atoms with van der Waals surface area (Å²) in [5, 5.41) is 6.99. The van der Waals surface area contributed by atoms with Gasteiger partial charge in [0.2, 0.25) is 0 Å². The largest absolute Gasteiger partial charge is 0.417 e. The molecule has 0 aliphatic heterocycles. The van der Waals surface area contributed by atoms with Crippen LogP contribution >= 0.6 is 22.6 Å². The molecule has 0 radical (unpaired) electrons. The minimum atomic E-state index is -4.57. The zero-order valence-corrected chi connectivity index (χ0v) is 17.8. The summed E-state index contributed by atoms with van der Waals surface area (Å²) in [7, 11) is 0. The number of anilines is 3. The van der Waals surface area contributed by atoms with Crippen LogP contribution in [-0.2, 0) is 6.18 Å². The van der Waals surface area contributed by atoms with Gasteiger partial charge in [-0.3, -0.25) is 0 Å². The number of hydrogen-bond donors (Lipinski definition) is 2. The number of nitrogens with two attached hydrogens (primary N) is 1. The molecule has 2 aromatic heterocycles. The van der Waals surface area contributed by atoms with Crippen molar-refractivity contribution in [3.63, 3.8) is 0 Å². The Bertz CT molecular complexity index is 1240. The van der Waals surface area contributed by atoms with Gasteiger partial charge in [-0.2, -0.15) is 13.2 Å². The summed E-state index contributed by atoms with van der Waals surface area (Å²) in [5.41, 5.74) is 5.92. The average molecular weight is 539 g/mol. The number of benzene rings is 2. The Hall–Kier alpha value is -3.15. The number of aromatic nitrogens is 3. The number of alkyl halides is 3.